The SMILES string of the molecule is CC1(C)c2ccccc2-c2c(-c3ccccc3N(c3ccc(-c4ccccc4)cc3)c3ccc(-c4ccccc4)cc3-c3ccccc3)cccc21. The molecule has 8 aromatic rings. The molecule has 1 aliphatic rings. The molecule has 0 N–H and O–H groups in total. The summed E-state index contributed by atoms with van der Waals surface area (Å²) in [5.41, 5.74) is 18.3. The van der Waals surface area contributed by atoms with E-state index in [1.54, 1.807) is 0 Å². The molecule has 1 aliphatic carbocycles. The van der Waals surface area contributed by atoms with E-state index in [9.17, 15) is 0 Å². The normalized spacial score (nSPS) is 12.6. The molecule has 9 rings (SSSR count). The van der Waals surface area contributed by atoms with Crippen LogP contribution in [0.1, 0.15) is 25.0 Å². The van der Waals surface area contributed by atoms with Gasteiger partial charge in [-0.05, 0) is 86.0 Å². The van der Waals surface area contributed by atoms with Crippen LogP contribution in [-0.2, 0) is 5.41 Å². The predicted molar refractivity (Wildman–Crippen MR) is 220 cm³/mol. The Hall–Kier alpha value is -6.44. The Morgan fingerprint density at radius 1 is 0.327 bits per heavy atom. The maximum Gasteiger partial charge on any atom is 0.0540 e. The first-order valence-corrected chi connectivity index (χ1v) is 18.1. The lowest BCUT2D eigenvalue weighted by atomic mass is 9.82. The Labute approximate surface area is 307 Å². The average Bonchev–Trinajstić information content (AvgIpc) is 3.45. The summed E-state index contributed by atoms with van der Waals surface area (Å²) < 4.78 is 0. The first-order chi connectivity index (χ1) is 25.6. The minimum Gasteiger partial charge on any atom is -0.309 e. The molecule has 0 radical (unpaired) electrons. The van der Waals surface area contributed by atoms with Crippen LogP contribution >= 0.6 is 0 Å². The Morgan fingerprint density at radius 2 is 0.808 bits per heavy atom. The van der Waals surface area contributed by atoms with E-state index in [1.807, 2.05) is 0 Å². The van der Waals surface area contributed by atoms with E-state index >= 15 is 0 Å². The zero-order valence-corrected chi connectivity index (χ0v) is 29.5. The lowest BCUT2D eigenvalue weighted by Gasteiger charge is -2.31. The third-order valence-corrected chi connectivity index (χ3v) is 10.7. The van der Waals surface area contributed by atoms with Gasteiger partial charge < -0.3 is 4.90 Å². The summed E-state index contributed by atoms with van der Waals surface area (Å²) in [7, 11) is 0. The Bertz CT molecular complexity index is 2510. The molecule has 0 heterocycles. The molecular formula is C51H39N. The van der Waals surface area contributed by atoms with Crippen LogP contribution in [0.25, 0.3) is 55.6 Å². The molecule has 1 nitrogen and oxygen atoms in total. The molecule has 0 amide bonds. The molecule has 0 bridgehead atoms. The Balaban J connectivity index is 1.30. The van der Waals surface area contributed by atoms with E-state index in [2.05, 4.69) is 219 Å². The molecule has 248 valence electrons. The molecule has 0 atom stereocenters. The van der Waals surface area contributed by atoms with Crippen molar-refractivity contribution < 1.29 is 0 Å². The lowest BCUT2D eigenvalue weighted by Crippen LogP contribution is -2.15. The van der Waals surface area contributed by atoms with Crippen molar-refractivity contribution in [1.29, 1.82) is 0 Å². The quantitative estimate of drug-likeness (QED) is 0.164. The standard InChI is InChI=1S/C51H39N/c1-51(2)46-26-14-12-24-44(46)50-43(25-16-27-47(50)51)42-23-13-15-28-48(42)52(41-32-29-38(30-33-41)36-17-6-3-7-18-36)49-34-31-40(37-19-8-4-9-20-37)35-45(49)39-21-10-5-11-22-39/h3-35H,1-2H3. The minimum atomic E-state index is -0.0857. The Kier molecular flexibility index (Phi) is 7.90. The fourth-order valence-corrected chi connectivity index (χ4v) is 8.11. The summed E-state index contributed by atoms with van der Waals surface area (Å²) in [5.74, 6) is 0. The van der Waals surface area contributed by atoms with Crippen LogP contribution in [0.5, 0.6) is 0 Å². The zero-order chi connectivity index (χ0) is 35.1. The number of rotatable bonds is 7. The summed E-state index contributed by atoms with van der Waals surface area (Å²) in [6.45, 7) is 4.71. The third kappa shape index (κ3) is 5.43. The van der Waals surface area contributed by atoms with Gasteiger partial charge >= 0.3 is 0 Å². The van der Waals surface area contributed by atoms with Gasteiger partial charge in [0.15, 0.2) is 0 Å². The average molecular weight is 666 g/mol. The van der Waals surface area contributed by atoms with Crippen molar-refractivity contribution in [3.05, 3.63) is 211 Å². The van der Waals surface area contributed by atoms with Crippen molar-refractivity contribution >= 4 is 17.1 Å². The number of anilines is 3. The number of nitrogens with zero attached hydrogens (tertiary/aromatic N) is 1. The fourth-order valence-electron chi connectivity index (χ4n) is 8.11. The summed E-state index contributed by atoms with van der Waals surface area (Å²) >= 11 is 0. The van der Waals surface area contributed by atoms with Gasteiger partial charge in [0, 0.05) is 22.2 Å². The molecule has 0 saturated carbocycles. The van der Waals surface area contributed by atoms with Crippen LogP contribution in [0.3, 0.4) is 0 Å². The van der Waals surface area contributed by atoms with E-state index in [4.69, 9.17) is 0 Å². The highest BCUT2D eigenvalue weighted by atomic mass is 15.1. The van der Waals surface area contributed by atoms with E-state index < -0.39 is 0 Å². The van der Waals surface area contributed by atoms with Gasteiger partial charge in [-0.3, -0.25) is 0 Å². The largest absolute Gasteiger partial charge is 0.309 e. The highest BCUT2D eigenvalue weighted by Crippen LogP contribution is 2.54. The van der Waals surface area contributed by atoms with Gasteiger partial charge in [-0.25, -0.2) is 0 Å². The lowest BCUT2D eigenvalue weighted by molar-refractivity contribution is 0.660. The van der Waals surface area contributed by atoms with Crippen LogP contribution in [-0.4, -0.2) is 0 Å². The van der Waals surface area contributed by atoms with Crippen molar-refractivity contribution in [3.63, 3.8) is 0 Å². The van der Waals surface area contributed by atoms with Crippen molar-refractivity contribution in [1.82, 2.24) is 0 Å². The maximum absolute atomic E-state index is 2.46. The van der Waals surface area contributed by atoms with E-state index in [0.717, 1.165) is 17.1 Å². The summed E-state index contributed by atoms with van der Waals surface area (Å²) in [6, 6.07) is 72.8. The molecule has 0 fully saturated rings. The minimum absolute atomic E-state index is 0.0857. The third-order valence-electron chi connectivity index (χ3n) is 10.7. The molecule has 8 aromatic carbocycles. The smallest absolute Gasteiger partial charge is 0.0540 e. The number of fused-ring (bicyclic) bond motifs is 3. The number of benzene rings is 8. The van der Waals surface area contributed by atoms with Gasteiger partial charge in [-0.15, -0.1) is 0 Å². The summed E-state index contributed by atoms with van der Waals surface area (Å²) in [6.07, 6.45) is 0. The second kappa shape index (κ2) is 13.0. The first-order valence-electron chi connectivity index (χ1n) is 18.1. The molecule has 0 unspecified atom stereocenters. The van der Waals surface area contributed by atoms with Crippen molar-refractivity contribution in [2.75, 3.05) is 4.90 Å². The van der Waals surface area contributed by atoms with Crippen LogP contribution < -0.4 is 4.90 Å². The molecule has 0 aliphatic heterocycles. The fraction of sp³-hybridized carbons (Fsp3) is 0.0588. The van der Waals surface area contributed by atoms with E-state index in [0.29, 0.717) is 0 Å². The van der Waals surface area contributed by atoms with Crippen molar-refractivity contribution in [2.45, 2.75) is 19.3 Å². The maximum atomic E-state index is 2.46. The van der Waals surface area contributed by atoms with E-state index in [-0.39, 0.29) is 5.41 Å². The predicted octanol–water partition coefficient (Wildman–Crippen LogP) is 14.1. The summed E-state index contributed by atoms with van der Waals surface area (Å²) in [5, 5.41) is 0. The second-order valence-corrected chi connectivity index (χ2v) is 14.1. The van der Waals surface area contributed by atoms with E-state index in [1.165, 1.54) is 66.8 Å². The van der Waals surface area contributed by atoms with Crippen LogP contribution in [0, 0.1) is 0 Å². The van der Waals surface area contributed by atoms with Gasteiger partial charge in [-0.2, -0.15) is 0 Å². The zero-order valence-electron chi connectivity index (χ0n) is 29.5. The van der Waals surface area contributed by atoms with Gasteiger partial charge in [0.1, 0.15) is 0 Å². The topological polar surface area (TPSA) is 3.24 Å². The first kappa shape index (κ1) is 31.5. The molecule has 1 heteroatoms. The van der Waals surface area contributed by atoms with Gasteiger partial charge in [0.2, 0.25) is 0 Å². The van der Waals surface area contributed by atoms with Crippen LogP contribution in [0.2, 0.25) is 0 Å². The molecule has 52 heavy (non-hydrogen) atoms. The molecule has 0 aromatic heterocycles. The molecule has 0 spiro atoms. The molecular weight excluding hydrogens is 627 g/mol. The number of hydrogen-bond acceptors (Lipinski definition) is 1. The van der Waals surface area contributed by atoms with Crippen LogP contribution in [0.4, 0.5) is 17.1 Å². The van der Waals surface area contributed by atoms with Crippen molar-refractivity contribution in [3.8, 4) is 55.6 Å². The monoisotopic (exact) mass is 665 g/mol. The van der Waals surface area contributed by atoms with Crippen molar-refractivity contribution in [2.24, 2.45) is 0 Å². The number of hydrogen-bond donors (Lipinski definition) is 0. The van der Waals surface area contributed by atoms with Gasteiger partial charge in [0.25, 0.3) is 0 Å². The number of para-hydroxylation sites is 1. The van der Waals surface area contributed by atoms with Gasteiger partial charge in [0.05, 0.1) is 11.4 Å². The highest BCUT2D eigenvalue weighted by molar-refractivity contribution is 6.00. The summed E-state index contributed by atoms with van der Waals surface area (Å²) in [4.78, 5) is 2.46. The highest BCUT2D eigenvalue weighted by Gasteiger charge is 2.37. The Morgan fingerprint density at radius 3 is 1.50 bits per heavy atom. The second-order valence-electron chi connectivity index (χ2n) is 14.1. The van der Waals surface area contributed by atoms with Gasteiger partial charge in [-0.1, -0.05) is 184 Å². The molecule has 0 saturated heterocycles. The van der Waals surface area contributed by atoms with Crippen LogP contribution in [0.15, 0.2) is 200 Å².